The van der Waals surface area contributed by atoms with E-state index in [4.69, 9.17) is 23.2 Å². The normalized spacial score (nSPS) is 10.8. The van der Waals surface area contributed by atoms with Crippen LogP contribution in [0.1, 0.15) is 0 Å². The lowest BCUT2D eigenvalue weighted by Gasteiger charge is -2.05. The van der Waals surface area contributed by atoms with E-state index in [-0.39, 0.29) is 16.2 Å². The molecule has 1 N–H and O–H groups in total. The van der Waals surface area contributed by atoms with E-state index < -0.39 is 0 Å². The van der Waals surface area contributed by atoms with Crippen LogP contribution in [0.25, 0.3) is 22.3 Å². The number of phenols is 1. The summed E-state index contributed by atoms with van der Waals surface area (Å²) in [5, 5.41) is 10.7. The predicted octanol–water partition coefficient (Wildman–Crippen LogP) is 3.70. The molecule has 4 nitrogen and oxygen atoms in total. The molecule has 3 rings (SSSR count). The van der Waals surface area contributed by atoms with Gasteiger partial charge in [-0.25, -0.2) is 9.97 Å². The summed E-state index contributed by atoms with van der Waals surface area (Å²) in [7, 11) is 0. The van der Waals surface area contributed by atoms with Crippen molar-refractivity contribution in [3.63, 3.8) is 0 Å². The third kappa shape index (κ3) is 2.20. The lowest BCUT2D eigenvalue weighted by atomic mass is 10.1. The molecule has 0 atom stereocenters. The second kappa shape index (κ2) is 4.64. The SMILES string of the molecule is Oc1ccccc1-c1ccc2c(Cl)nc(Cl)nc2n1. The highest BCUT2D eigenvalue weighted by Gasteiger charge is 2.10. The van der Waals surface area contributed by atoms with Gasteiger partial charge in [-0.2, -0.15) is 4.98 Å². The molecule has 19 heavy (non-hydrogen) atoms. The Labute approximate surface area is 118 Å². The van der Waals surface area contributed by atoms with E-state index in [1.54, 1.807) is 30.3 Å². The molecule has 0 saturated heterocycles. The van der Waals surface area contributed by atoms with Gasteiger partial charge in [-0.05, 0) is 35.9 Å². The van der Waals surface area contributed by atoms with Crippen molar-refractivity contribution >= 4 is 34.2 Å². The van der Waals surface area contributed by atoms with E-state index in [1.807, 2.05) is 6.07 Å². The number of hydrogen-bond donors (Lipinski definition) is 1. The van der Waals surface area contributed by atoms with Crippen molar-refractivity contribution < 1.29 is 5.11 Å². The molecule has 0 radical (unpaired) electrons. The Morgan fingerprint density at radius 2 is 1.68 bits per heavy atom. The smallest absolute Gasteiger partial charge is 0.225 e. The van der Waals surface area contributed by atoms with E-state index in [2.05, 4.69) is 15.0 Å². The standard InChI is InChI=1S/C13H7Cl2N3O/c14-11-8-5-6-9(7-3-1-2-4-10(7)19)16-12(8)18-13(15)17-11/h1-6,19H. The molecule has 0 amide bonds. The second-order valence-electron chi connectivity index (χ2n) is 3.87. The predicted molar refractivity (Wildman–Crippen MR) is 74.5 cm³/mol. The van der Waals surface area contributed by atoms with Crippen molar-refractivity contribution in [3.8, 4) is 17.0 Å². The second-order valence-corrected chi connectivity index (χ2v) is 4.56. The summed E-state index contributed by atoms with van der Waals surface area (Å²) in [4.78, 5) is 12.2. The topological polar surface area (TPSA) is 58.9 Å². The molecule has 1 aromatic carbocycles. The Morgan fingerprint density at radius 1 is 0.895 bits per heavy atom. The minimum absolute atomic E-state index is 0.0411. The number of fused-ring (bicyclic) bond motifs is 1. The number of phenolic OH excluding ortho intramolecular Hbond substituents is 1. The first kappa shape index (κ1) is 12.1. The molecule has 0 saturated carbocycles. The zero-order chi connectivity index (χ0) is 13.4. The average molecular weight is 292 g/mol. The highest BCUT2D eigenvalue weighted by molar-refractivity contribution is 6.35. The van der Waals surface area contributed by atoms with Crippen LogP contribution in [0.3, 0.4) is 0 Å². The Bertz CT molecular complexity index is 777. The number of rotatable bonds is 1. The van der Waals surface area contributed by atoms with Gasteiger partial charge in [0.1, 0.15) is 10.9 Å². The van der Waals surface area contributed by atoms with Crippen molar-refractivity contribution in [2.75, 3.05) is 0 Å². The summed E-state index contributed by atoms with van der Waals surface area (Å²) in [6, 6.07) is 10.4. The molecule has 6 heteroatoms. The fourth-order valence-corrected chi connectivity index (χ4v) is 2.22. The number of halogens is 2. The van der Waals surface area contributed by atoms with Crippen LogP contribution in [-0.2, 0) is 0 Å². The highest BCUT2D eigenvalue weighted by atomic mass is 35.5. The Kier molecular flexibility index (Phi) is 2.97. The molecule has 0 bridgehead atoms. The molecule has 3 aromatic rings. The van der Waals surface area contributed by atoms with Gasteiger partial charge in [0.2, 0.25) is 5.28 Å². The summed E-state index contributed by atoms with van der Waals surface area (Å²) in [6.45, 7) is 0. The van der Waals surface area contributed by atoms with Crippen LogP contribution >= 0.6 is 23.2 Å². The first-order valence-corrected chi connectivity index (χ1v) is 6.19. The van der Waals surface area contributed by atoms with E-state index >= 15 is 0 Å². The molecule has 0 unspecified atom stereocenters. The fraction of sp³-hybridized carbons (Fsp3) is 0. The quantitative estimate of drug-likeness (QED) is 0.548. The monoisotopic (exact) mass is 291 g/mol. The molecule has 0 aliphatic rings. The van der Waals surface area contributed by atoms with Crippen molar-refractivity contribution in [3.05, 3.63) is 46.8 Å². The number of aromatic hydroxyl groups is 1. The fourth-order valence-electron chi connectivity index (χ4n) is 1.79. The molecule has 0 fully saturated rings. The Balaban J connectivity index is 2.25. The molecular weight excluding hydrogens is 285 g/mol. The molecule has 0 spiro atoms. The molecule has 2 aromatic heterocycles. The number of aromatic nitrogens is 3. The summed E-state index contributed by atoms with van der Waals surface area (Å²) >= 11 is 11.7. The van der Waals surface area contributed by atoms with Crippen molar-refractivity contribution in [1.29, 1.82) is 0 Å². The van der Waals surface area contributed by atoms with Crippen molar-refractivity contribution in [2.24, 2.45) is 0 Å². The summed E-state index contributed by atoms with van der Waals surface area (Å²) in [5.41, 5.74) is 1.61. The Hall–Kier alpha value is -1.91. The van der Waals surface area contributed by atoms with Gasteiger partial charge in [0.05, 0.1) is 11.1 Å². The third-order valence-electron chi connectivity index (χ3n) is 2.67. The maximum atomic E-state index is 9.82. The van der Waals surface area contributed by atoms with Gasteiger partial charge in [0, 0.05) is 5.56 Å². The van der Waals surface area contributed by atoms with Crippen LogP contribution in [0.15, 0.2) is 36.4 Å². The minimum atomic E-state index is 0.0411. The first-order chi connectivity index (χ1) is 9.15. The van der Waals surface area contributed by atoms with E-state index in [9.17, 15) is 5.11 Å². The highest BCUT2D eigenvalue weighted by Crippen LogP contribution is 2.29. The van der Waals surface area contributed by atoms with Crippen molar-refractivity contribution in [2.45, 2.75) is 0 Å². The third-order valence-corrected chi connectivity index (χ3v) is 3.12. The molecular formula is C13H7Cl2N3O. The number of pyridine rings is 1. The van der Waals surface area contributed by atoms with Crippen LogP contribution < -0.4 is 0 Å². The maximum absolute atomic E-state index is 9.82. The van der Waals surface area contributed by atoms with Gasteiger partial charge in [-0.15, -0.1) is 0 Å². The number of benzene rings is 1. The van der Waals surface area contributed by atoms with Crippen LogP contribution in [0.2, 0.25) is 10.4 Å². The van der Waals surface area contributed by atoms with Gasteiger partial charge >= 0.3 is 0 Å². The molecule has 94 valence electrons. The molecule has 0 aliphatic carbocycles. The van der Waals surface area contributed by atoms with Gasteiger partial charge in [0.15, 0.2) is 5.65 Å². The number of para-hydroxylation sites is 1. The number of nitrogens with zero attached hydrogens (tertiary/aromatic N) is 3. The van der Waals surface area contributed by atoms with Crippen LogP contribution in [-0.4, -0.2) is 20.1 Å². The van der Waals surface area contributed by atoms with E-state index in [0.29, 0.717) is 22.3 Å². The lowest BCUT2D eigenvalue weighted by molar-refractivity contribution is 0.477. The maximum Gasteiger partial charge on any atom is 0.225 e. The zero-order valence-electron chi connectivity index (χ0n) is 9.51. The molecule has 0 aliphatic heterocycles. The first-order valence-electron chi connectivity index (χ1n) is 5.43. The zero-order valence-corrected chi connectivity index (χ0v) is 11.0. The largest absolute Gasteiger partial charge is 0.507 e. The van der Waals surface area contributed by atoms with Crippen LogP contribution in [0, 0.1) is 0 Å². The van der Waals surface area contributed by atoms with Gasteiger partial charge in [-0.3, -0.25) is 0 Å². The Morgan fingerprint density at radius 3 is 2.47 bits per heavy atom. The van der Waals surface area contributed by atoms with Gasteiger partial charge in [0.25, 0.3) is 0 Å². The van der Waals surface area contributed by atoms with E-state index in [1.165, 1.54) is 0 Å². The number of hydrogen-bond acceptors (Lipinski definition) is 4. The van der Waals surface area contributed by atoms with Crippen LogP contribution in [0.4, 0.5) is 0 Å². The van der Waals surface area contributed by atoms with Gasteiger partial charge < -0.3 is 5.11 Å². The van der Waals surface area contributed by atoms with Crippen LogP contribution in [0.5, 0.6) is 5.75 Å². The van der Waals surface area contributed by atoms with E-state index in [0.717, 1.165) is 0 Å². The van der Waals surface area contributed by atoms with Crippen molar-refractivity contribution in [1.82, 2.24) is 15.0 Å². The van der Waals surface area contributed by atoms with Gasteiger partial charge in [-0.1, -0.05) is 23.7 Å². The average Bonchev–Trinajstić information content (AvgIpc) is 2.38. The minimum Gasteiger partial charge on any atom is -0.507 e. The summed E-state index contributed by atoms with van der Waals surface area (Å²) in [5.74, 6) is 0.153. The summed E-state index contributed by atoms with van der Waals surface area (Å²) in [6.07, 6.45) is 0. The lowest BCUT2D eigenvalue weighted by Crippen LogP contribution is -1.92. The summed E-state index contributed by atoms with van der Waals surface area (Å²) < 4.78 is 0. The molecule has 2 heterocycles.